The highest BCUT2D eigenvalue weighted by Gasteiger charge is 2.43. The van der Waals surface area contributed by atoms with Crippen molar-refractivity contribution >= 4 is 0 Å². The summed E-state index contributed by atoms with van der Waals surface area (Å²) in [5.74, 6) is 3.08. The molecule has 0 amide bonds. The van der Waals surface area contributed by atoms with Gasteiger partial charge in [-0.2, -0.15) is 0 Å². The standard InChI is InChI=1S/C18H31N/c1-2-19-18(15-8-6-4-3-5-7-9-15)17-13-14-10-11-16(17)12-14/h8,14,16-19H,2-7,9-13H2,1H3. The summed E-state index contributed by atoms with van der Waals surface area (Å²) in [6.45, 7) is 3.42. The molecular weight excluding hydrogens is 230 g/mol. The summed E-state index contributed by atoms with van der Waals surface area (Å²) in [5, 5.41) is 3.86. The van der Waals surface area contributed by atoms with Gasteiger partial charge in [-0.05, 0) is 69.2 Å². The summed E-state index contributed by atoms with van der Waals surface area (Å²) in [5.41, 5.74) is 1.78. The first-order valence-electron chi connectivity index (χ1n) is 8.80. The zero-order valence-corrected chi connectivity index (χ0v) is 12.7. The van der Waals surface area contributed by atoms with Gasteiger partial charge in [0.1, 0.15) is 0 Å². The number of likely N-dealkylation sites (N-methyl/N-ethyl adjacent to an activating group) is 1. The summed E-state index contributed by atoms with van der Waals surface area (Å²) in [4.78, 5) is 0. The van der Waals surface area contributed by atoms with Crippen molar-refractivity contribution in [2.24, 2.45) is 17.8 Å². The molecule has 2 saturated carbocycles. The third kappa shape index (κ3) is 3.07. The highest BCUT2D eigenvalue weighted by Crippen LogP contribution is 2.50. The third-order valence-electron chi connectivity index (χ3n) is 5.87. The SMILES string of the molecule is CCNC(C1=CCCCCCC1)C1CC2CCC1C2. The number of hydrogen-bond donors (Lipinski definition) is 1. The molecule has 3 rings (SSSR count). The number of rotatable bonds is 4. The van der Waals surface area contributed by atoms with Gasteiger partial charge >= 0.3 is 0 Å². The van der Waals surface area contributed by atoms with E-state index in [4.69, 9.17) is 0 Å². The van der Waals surface area contributed by atoms with Crippen LogP contribution < -0.4 is 5.32 Å². The Kier molecular flexibility index (Phi) is 4.63. The van der Waals surface area contributed by atoms with Gasteiger partial charge in [-0.25, -0.2) is 0 Å². The van der Waals surface area contributed by atoms with Gasteiger partial charge in [0.15, 0.2) is 0 Å². The largest absolute Gasteiger partial charge is 0.310 e. The van der Waals surface area contributed by atoms with Crippen LogP contribution in [0.3, 0.4) is 0 Å². The highest BCUT2D eigenvalue weighted by atomic mass is 14.9. The van der Waals surface area contributed by atoms with E-state index >= 15 is 0 Å². The Balaban J connectivity index is 1.72. The topological polar surface area (TPSA) is 12.0 Å². The monoisotopic (exact) mass is 261 g/mol. The summed E-state index contributed by atoms with van der Waals surface area (Å²) in [6, 6.07) is 0.721. The molecule has 2 fully saturated rings. The normalized spacial score (nSPS) is 36.7. The van der Waals surface area contributed by atoms with Crippen LogP contribution in [0.5, 0.6) is 0 Å². The van der Waals surface area contributed by atoms with Crippen molar-refractivity contribution < 1.29 is 0 Å². The molecule has 0 saturated heterocycles. The van der Waals surface area contributed by atoms with Crippen LogP contribution in [0.1, 0.15) is 71.1 Å². The van der Waals surface area contributed by atoms with E-state index < -0.39 is 0 Å². The molecule has 0 spiro atoms. The molecule has 1 N–H and O–H groups in total. The van der Waals surface area contributed by atoms with Crippen LogP contribution in [0.2, 0.25) is 0 Å². The molecule has 0 aromatic carbocycles. The van der Waals surface area contributed by atoms with Gasteiger partial charge in [0.2, 0.25) is 0 Å². The van der Waals surface area contributed by atoms with Crippen molar-refractivity contribution in [1.82, 2.24) is 5.32 Å². The summed E-state index contributed by atoms with van der Waals surface area (Å²) in [6.07, 6.45) is 17.1. The van der Waals surface area contributed by atoms with Crippen molar-refractivity contribution in [2.75, 3.05) is 6.54 Å². The molecule has 108 valence electrons. The van der Waals surface area contributed by atoms with Crippen molar-refractivity contribution in [3.8, 4) is 0 Å². The first-order valence-corrected chi connectivity index (χ1v) is 8.80. The third-order valence-corrected chi connectivity index (χ3v) is 5.87. The van der Waals surface area contributed by atoms with Gasteiger partial charge < -0.3 is 5.32 Å². The number of allylic oxidation sites excluding steroid dienone is 1. The average molecular weight is 261 g/mol. The first-order chi connectivity index (χ1) is 9.38. The zero-order valence-electron chi connectivity index (χ0n) is 12.7. The Hall–Kier alpha value is -0.300. The van der Waals surface area contributed by atoms with Crippen LogP contribution in [0.4, 0.5) is 0 Å². The smallest absolute Gasteiger partial charge is 0.0310 e. The van der Waals surface area contributed by atoms with Crippen LogP contribution in [0.25, 0.3) is 0 Å². The second-order valence-corrected chi connectivity index (χ2v) is 7.11. The second-order valence-electron chi connectivity index (χ2n) is 7.11. The molecule has 19 heavy (non-hydrogen) atoms. The van der Waals surface area contributed by atoms with Crippen LogP contribution in [-0.2, 0) is 0 Å². The predicted molar refractivity (Wildman–Crippen MR) is 82.2 cm³/mol. The van der Waals surface area contributed by atoms with Gasteiger partial charge in [0.05, 0.1) is 0 Å². The quantitative estimate of drug-likeness (QED) is 0.724. The lowest BCUT2D eigenvalue weighted by Gasteiger charge is -2.33. The van der Waals surface area contributed by atoms with E-state index in [0.29, 0.717) is 0 Å². The van der Waals surface area contributed by atoms with E-state index in [2.05, 4.69) is 18.3 Å². The van der Waals surface area contributed by atoms with Crippen molar-refractivity contribution in [3.63, 3.8) is 0 Å². The van der Waals surface area contributed by atoms with Gasteiger partial charge in [-0.1, -0.05) is 37.8 Å². The Morgan fingerprint density at radius 3 is 2.79 bits per heavy atom. The van der Waals surface area contributed by atoms with E-state index in [1.165, 1.54) is 57.8 Å². The molecule has 0 aromatic rings. The lowest BCUT2D eigenvalue weighted by molar-refractivity contribution is 0.268. The molecule has 0 aromatic heterocycles. The fraction of sp³-hybridized carbons (Fsp3) is 0.889. The van der Waals surface area contributed by atoms with Crippen LogP contribution in [0, 0.1) is 17.8 Å². The summed E-state index contributed by atoms with van der Waals surface area (Å²) >= 11 is 0. The molecule has 0 radical (unpaired) electrons. The minimum absolute atomic E-state index is 0.721. The van der Waals surface area contributed by atoms with Crippen LogP contribution in [-0.4, -0.2) is 12.6 Å². The Morgan fingerprint density at radius 1 is 1.16 bits per heavy atom. The number of nitrogens with one attached hydrogen (secondary N) is 1. The summed E-state index contributed by atoms with van der Waals surface area (Å²) in [7, 11) is 0. The lowest BCUT2D eigenvalue weighted by Crippen LogP contribution is -2.40. The van der Waals surface area contributed by atoms with Gasteiger partial charge in [-0.15, -0.1) is 0 Å². The maximum Gasteiger partial charge on any atom is 0.0310 e. The Bertz CT molecular complexity index is 320. The number of hydrogen-bond acceptors (Lipinski definition) is 1. The van der Waals surface area contributed by atoms with Crippen LogP contribution >= 0.6 is 0 Å². The molecule has 3 aliphatic rings. The molecule has 1 nitrogen and oxygen atoms in total. The molecule has 4 unspecified atom stereocenters. The molecule has 1 heteroatoms. The van der Waals surface area contributed by atoms with Gasteiger partial charge in [0.25, 0.3) is 0 Å². The molecule has 4 atom stereocenters. The van der Waals surface area contributed by atoms with E-state index in [0.717, 1.165) is 30.3 Å². The zero-order chi connectivity index (χ0) is 13.1. The summed E-state index contributed by atoms with van der Waals surface area (Å²) < 4.78 is 0. The molecular formula is C18H31N. The van der Waals surface area contributed by atoms with E-state index in [-0.39, 0.29) is 0 Å². The second kappa shape index (κ2) is 6.43. The van der Waals surface area contributed by atoms with E-state index in [9.17, 15) is 0 Å². The van der Waals surface area contributed by atoms with Gasteiger partial charge in [-0.3, -0.25) is 0 Å². The minimum Gasteiger partial charge on any atom is -0.310 e. The highest BCUT2D eigenvalue weighted by molar-refractivity contribution is 5.16. The van der Waals surface area contributed by atoms with E-state index in [1.54, 1.807) is 12.0 Å². The fourth-order valence-electron chi connectivity index (χ4n) is 4.98. The van der Waals surface area contributed by atoms with Crippen LogP contribution in [0.15, 0.2) is 11.6 Å². The first kappa shape index (κ1) is 13.7. The predicted octanol–water partition coefficient (Wildman–Crippen LogP) is 4.68. The molecule has 0 aliphatic heterocycles. The lowest BCUT2D eigenvalue weighted by atomic mass is 9.78. The Morgan fingerprint density at radius 2 is 2.05 bits per heavy atom. The minimum atomic E-state index is 0.721. The average Bonchev–Trinajstić information content (AvgIpc) is 2.98. The number of fused-ring (bicyclic) bond motifs is 2. The maximum atomic E-state index is 3.86. The fourth-order valence-corrected chi connectivity index (χ4v) is 4.98. The van der Waals surface area contributed by atoms with Crippen molar-refractivity contribution in [2.45, 2.75) is 77.2 Å². The molecule has 0 heterocycles. The van der Waals surface area contributed by atoms with Crippen molar-refractivity contribution in [3.05, 3.63) is 11.6 Å². The molecule has 3 aliphatic carbocycles. The van der Waals surface area contributed by atoms with Crippen molar-refractivity contribution in [1.29, 1.82) is 0 Å². The molecule has 2 bridgehead atoms. The van der Waals surface area contributed by atoms with Gasteiger partial charge in [0, 0.05) is 6.04 Å². The van der Waals surface area contributed by atoms with E-state index in [1.807, 2.05) is 0 Å². The Labute approximate surface area is 119 Å². The maximum absolute atomic E-state index is 3.86.